The molecule has 20 heavy (non-hydrogen) atoms. The van der Waals surface area contributed by atoms with Crippen molar-refractivity contribution in [2.45, 2.75) is 39.3 Å². The molecule has 2 rings (SSSR count). The van der Waals surface area contributed by atoms with E-state index in [-0.39, 0.29) is 24.9 Å². The Balaban J connectivity index is 2.14. The highest BCUT2D eigenvalue weighted by atomic mass is 32.1. The van der Waals surface area contributed by atoms with Gasteiger partial charge in [0.25, 0.3) is 5.91 Å². The third kappa shape index (κ3) is 3.37. The first-order valence-electron chi connectivity index (χ1n) is 6.71. The number of carbonyl (C=O) groups is 2. The fraction of sp³-hybridized carbons (Fsp3) is 0.571. The van der Waals surface area contributed by atoms with Crippen LogP contribution in [0.15, 0.2) is 6.07 Å². The zero-order chi connectivity index (χ0) is 14.7. The van der Waals surface area contributed by atoms with Crippen molar-refractivity contribution in [3.8, 4) is 0 Å². The fourth-order valence-corrected chi connectivity index (χ4v) is 3.31. The molecule has 0 bridgehead atoms. The predicted molar refractivity (Wildman–Crippen MR) is 76.1 cm³/mol. The maximum absolute atomic E-state index is 12.5. The summed E-state index contributed by atoms with van der Waals surface area (Å²) in [5.74, 6) is -0.969. The van der Waals surface area contributed by atoms with Gasteiger partial charge in [0.2, 0.25) is 0 Å². The maximum atomic E-state index is 12.5. The molecule has 0 unspecified atom stereocenters. The Labute approximate surface area is 122 Å². The number of carbonyl (C=O) groups excluding carboxylic acids is 1. The summed E-state index contributed by atoms with van der Waals surface area (Å²) in [4.78, 5) is 26.7. The van der Waals surface area contributed by atoms with Gasteiger partial charge in [0.05, 0.1) is 24.5 Å². The predicted octanol–water partition coefficient (Wildman–Crippen LogP) is 2.15. The number of aliphatic carboxylic acids is 1. The molecule has 1 aliphatic rings. The van der Waals surface area contributed by atoms with Crippen LogP contribution >= 0.6 is 11.3 Å². The molecule has 1 aromatic heterocycles. The first kappa shape index (κ1) is 15.0. The minimum absolute atomic E-state index is 0.0165. The average Bonchev–Trinajstić information content (AvgIpc) is 2.81. The van der Waals surface area contributed by atoms with E-state index in [1.165, 1.54) is 16.2 Å². The van der Waals surface area contributed by atoms with Crippen LogP contribution in [0.5, 0.6) is 0 Å². The zero-order valence-electron chi connectivity index (χ0n) is 11.7. The smallest absolute Gasteiger partial charge is 0.305 e. The standard InChI is InChI=1S/C14H19NO4S/c1-9(2)15(5-3-13(16)17)14(18)12-7-10-8-19-6-4-11(10)20-12/h7,9H,3-6,8H2,1-2H3,(H,16,17). The number of rotatable bonds is 5. The van der Waals surface area contributed by atoms with E-state index in [1.54, 1.807) is 4.90 Å². The lowest BCUT2D eigenvalue weighted by atomic mass is 10.2. The van der Waals surface area contributed by atoms with Crippen molar-refractivity contribution < 1.29 is 19.4 Å². The van der Waals surface area contributed by atoms with Crippen LogP contribution in [0.2, 0.25) is 0 Å². The molecule has 0 saturated carbocycles. The van der Waals surface area contributed by atoms with Gasteiger partial charge in [-0.1, -0.05) is 0 Å². The van der Waals surface area contributed by atoms with Crippen molar-refractivity contribution in [2.24, 2.45) is 0 Å². The van der Waals surface area contributed by atoms with Gasteiger partial charge in [0.1, 0.15) is 0 Å². The van der Waals surface area contributed by atoms with E-state index in [1.807, 2.05) is 19.9 Å². The van der Waals surface area contributed by atoms with Gasteiger partial charge in [0, 0.05) is 23.9 Å². The van der Waals surface area contributed by atoms with Crippen molar-refractivity contribution >= 4 is 23.2 Å². The average molecular weight is 297 g/mol. The normalized spacial score (nSPS) is 14.2. The number of carboxylic acids is 1. The van der Waals surface area contributed by atoms with Gasteiger partial charge in [-0.3, -0.25) is 9.59 Å². The van der Waals surface area contributed by atoms with Gasteiger partial charge < -0.3 is 14.7 Å². The monoisotopic (exact) mass is 297 g/mol. The van der Waals surface area contributed by atoms with Gasteiger partial charge in [-0.25, -0.2) is 0 Å². The van der Waals surface area contributed by atoms with Crippen molar-refractivity contribution in [1.82, 2.24) is 4.90 Å². The Morgan fingerprint density at radius 2 is 2.25 bits per heavy atom. The fourth-order valence-electron chi connectivity index (χ4n) is 2.20. The molecule has 0 fully saturated rings. The van der Waals surface area contributed by atoms with Crippen LogP contribution in [-0.2, 0) is 22.6 Å². The summed E-state index contributed by atoms with van der Waals surface area (Å²) >= 11 is 1.50. The Bertz CT molecular complexity index is 486. The highest BCUT2D eigenvalue weighted by Crippen LogP contribution is 2.28. The Morgan fingerprint density at radius 3 is 2.85 bits per heavy atom. The molecule has 1 amide bonds. The van der Waals surface area contributed by atoms with Crippen molar-refractivity contribution in [3.63, 3.8) is 0 Å². The first-order valence-corrected chi connectivity index (χ1v) is 7.52. The molecular weight excluding hydrogens is 278 g/mol. The van der Waals surface area contributed by atoms with E-state index >= 15 is 0 Å². The molecule has 1 aliphatic heterocycles. The second-order valence-electron chi connectivity index (χ2n) is 5.10. The molecule has 6 heteroatoms. The van der Waals surface area contributed by atoms with Crippen LogP contribution in [0.1, 0.15) is 40.4 Å². The maximum Gasteiger partial charge on any atom is 0.305 e. The molecular formula is C14H19NO4S. The lowest BCUT2D eigenvalue weighted by molar-refractivity contribution is -0.137. The second-order valence-corrected chi connectivity index (χ2v) is 6.23. The lowest BCUT2D eigenvalue weighted by Crippen LogP contribution is -2.38. The lowest BCUT2D eigenvalue weighted by Gasteiger charge is -2.25. The number of fused-ring (bicyclic) bond motifs is 1. The number of carboxylic acid groups (broad SMARTS) is 1. The van der Waals surface area contributed by atoms with Crippen LogP contribution in [-0.4, -0.2) is 41.1 Å². The number of thiophene rings is 1. The third-order valence-corrected chi connectivity index (χ3v) is 4.51. The molecule has 0 atom stereocenters. The number of nitrogens with zero attached hydrogens (tertiary/aromatic N) is 1. The summed E-state index contributed by atoms with van der Waals surface area (Å²) in [7, 11) is 0. The van der Waals surface area contributed by atoms with Crippen molar-refractivity contribution in [1.29, 1.82) is 0 Å². The molecule has 0 saturated heterocycles. The number of ether oxygens (including phenoxy) is 1. The molecule has 5 nitrogen and oxygen atoms in total. The molecule has 110 valence electrons. The van der Waals surface area contributed by atoms with Gasteiger partial charge >= 0.3 is 5.97 Å². The SMILES string of the molecule is CC(C)N(CCC(=O)O)C(=O)c1cc2c(s1)CCOC2. The van der Waals surface area contributed by atoms with E-state index in [4.69, 9.17) is 9.84 Å². The van der Waals surface area contributed by atoms with Crippen LogP contribution in [0.25, 0.3) is 0 Å². The topological polar surface area (TPSA) is 66.8 Å². The number of hydrogen-bond donors (Lipinski definition) is 1. The van der Waals surface area contributed by atoms with E-state index in [0.717, 1.165) is 12.0 Å². The number of hydrogen-bond acceptors (Lipinski definition) is 4. The van der Waals surface area contributed by atoms with Crippen LogP contribution < -0.4 is 0 Å². The Hall–Kier alpha value is -1.40. The quantitative estimate of drug-likeness (QED) is 0.904. The summed E-state index contributed by atoms with van der Waals surface area (Å²) in [5.41, 5.74) is 1.09. The molecule has 0 aromatic carbocycles. The number of amides is 1. The highest BCUT2D eigenvalue weighted by molar-refractivity contribution is 7.14. The molecule has 0 aliphatic carbocycles. The zero-order valence-corrected chi connectivity index (χ0v) is 12.5. The highest BCUT2D eigenvalue weighted by Gasteiger charge is 2.23. The van der Waals surface area contributed by atoms with E-state index in [2.05, 4.69) is 0 Å². The summed E-state index contributed by atoms with van der Waals surface area (Å²) in [6, 6.07) is 1.87. The first-order chi connectivity index (χ1) is 9.49. The molecule has 1 aromatic rings. The van der Waals surface area contributed by atoms with E-state index < -0.39 is 5.97 Å². The summed E-state index contributed by atoms with van der Waals surface area (Å²) in [5, 5.41) is 8.78. The van der Waals surface area contributed by atoms with Crippen LogP contribution in [0.4, 0.5) is 0 Å². The van der Waals surface area contributed by atoms with Crippen molar-refractivity contribution in [2.75, 3.05) is 13.2 Å². The minimum Gasteiger partial charge on any atom is -0.481 e. The summed E-state index contributed by atoms with van der Waals surface area (Å²) < 4.78 is 5.38. The van der Waals surface area contributed by atoms with Gasteiger partial charge in [-0.05, 0) is 25.5 Å². The van der Waals surface area contributed by atoms with Gasteiger partial charge in [-0.15, -0.1) is 11.3 Å². The summed E-state index contributed by atoms with van der Waals surface area (Å²) in [6.07, 6.45) is 0.822. The van der Waals surface area contributed by atoms with Crippen molar-refractivity contribution in [3.05, 3.63) is 21.4 Å². The summed E-state index contributed by atoms with van der Waals surface area (Å²) in [6.45, 7) is 5.31. The Morgan fingerprint density at radius 1 is 1.50 bits per heavy atom. The largest absolute Gasteiger partial charge is 0.481 e. The third-order valence-electron chi connectivity index (χ3n) is 3.29. The minimum atomic E-state index is -0.887. The van der Waals surface area contributed by atoms with E-state index in [9.17, 15) is 9.59 Å². The van der Waals surface area contributed by atoms with E-state index in [0.29, 0.717) is 18.1 Å². The van der Waals surface area contributed by atoms with Crippen LogP contribution in [0.3, 0.4) is 0 Å². The molecule has 2 heterocycles. The molecule has 0 radical (unpaired) electrons. The second kappa shape index (κ2) is 6.37. The van der Waals surface area contributed by atoms with Crippen LogP contribution in [0, 0.1) is 0 Å². The molecule has 1 N–H and O–H groups in total. The van der Waals surface area contributed by atoms with Gasteiger partial charge in [-0.2, -0.15) is 0 Å². The molecule has 0 spiro atoms. The Kier molecular flexibility index (Phi) is 4.77. The van der Waals surface area contributed by atoms with Gasteiger partial charge in [0.15, 0.2) is 0 Å².